The Morgan fingerprint density at radius 3 is 2.86 bits per heavy atom. The number of aromatic nitrogens is 3. The maximum absolute atomic E-state index is 14.2. The van der Waals surface area contributed by atoms with Crippen LogP contribution in [0.15, 0.2) is 36.7 Å². The third-order valence-electron chi connectivity index (χ3n) is 5.48. The summed E-state index contributed by atoms with van der Waals surface area (Å²) in [5.74, 6) is -1.25. The molecule has 0 saturated heterocycles. The second kappa shape index (κ2) is 7.35. The van der Waals surface area contributed by atoms with E-state index in [2.05, 4.69) is 15.3 Å². The van der Waals surface area contributed by atoms with E-state index in [1.54, 1.807) is 15.9 Å². The maximum atomic E-state index is 14.2. The lowest BCUT2D eigenvalue weighted by Crippen LogP contribution is -2.36. The van der Waals surface area contributed by atoms with E-state index in [4.69, 9.17) is 0 Å². The number of benzene rings is 2. The predicted molar refractivity (Wildman–Crippen MR) is 110 cm³/mol. The summed E-state index contributed by atoms with van der Waals surface area (Å²) < 4.78 is 30.3. The minimum Gasteiger partial charge on any atom is -0.391 e. The highest BCUT2D eigenvalue weighted by Gasteiger charge is 2.23. The van der Waals surface area contributed by atoms with Gasteiger partial charge in [-0.25, -0.2) is 18.7 Å². The van der Waals surface area contributed by atoms with Gasteiger partial charge in [0.05, 0.1) is 34.2 Å². The number of aliphatic hydroxyl groups excluding tert-OH is 1. The Balaban J connectivity index is 1.40. The van der Waals surface area contributed by atoms with Gasteiger partial charge in [-0.05, 0) is 30.5 Å². The van der Waals surface area contributed by atoms with E-state index in [9.17, 15) is 13.9 Å². The fourth-order valence-corrected chi connectivity index (χ4v) is 5.00. The topological polar surface area (TPSA) is 63.0 Å². The third kappa shape index (κ3) is 3.58. The molecule has 0 radical (unpaired) electrons. The molecule has 5 nitrogen and oxygen atoms in total. The molecule has 4 aromatic rings. The van der Waals surface area contributed by atoms with Gasteiger partial charge in [0.15, 0.2) is 10.9 Å². The lowest BCUT2D eigenvalue weighted by Gasteiger charge is -2.27. The maximum Gasteiger partial charge on any atom is 0.184 e. The largest absolute Gasteiger partial charge is 0.391 e. The molecule has 1 saturated carbocycles. The van der Waals surface area contributed by atoms with Crippen LogP contribution in [0.3, 0.4) is 0 Å². The highest BCUT2D eigenvalue weighted by molar-refractivity contribution is 7.22. The van der Waals surface area contributed by atoms with Crippen LogP contribution < -0.4 is 5.32 Å². The molecule has 0 bridgehead atoms. The molecule has 1 fully saturated rings. The molecule has 2 heterocycles. The van der Waals surface area contributed by atoms with Crippen molar-refractivity contribution in [1.82, 2.24) is 14.5 Å². The van der Waals surface area contributed by atoms with Gasteiger partial charge in [0.1, 0.15) is 11.3 Å². The quantitative estimate of drug-likeness (QED) is 0.509. The Kier molecular flexibility index (Phi) is 4.67. The third-order valence-corrected chi connectivity index (χ3v) is 6.42. The molecular weight excluding hydrogens is 394 g/mol. The fourth-order valence-electron chi connectivity index (χ4n) is 4.01. The van der Waals surface area contributed by atoms with E-state index in [1.165, 1.54) is 12.4 Å². The number of nitrogens with one attached hydrogen (secondary N) is 1. The summed E-state index contributed by atoms with van der Waals surface area (Å²) in [4.78, 5) is 8.74. The zero-order chi connectivity index (χ0) is 20.0. The highest BCUT2D eigenvalue weighted by atomic mass is 32.1. The molecule has 8 heteroatoms. The number of fused-ring (bicyclic) bond motifs is 2. The van der Waals surface area contributed by atoms with Gasteiger partial charge in [-0.1, -0.05) is 30.2 Å². The van der Waals surface area contributed by atoms with Gasteiger partial charge in [0.2, 0.25) is 0 Å². The van der Waals surface area contributed by atoms with Gasteiger partial charge in [-0.15, -0.1) is 0 Å². The van der Waals surface area contributed by atoms with Gasteiger partial charge < -0.3 is 15.0 Å². The van der Waals surface area contributed by atoms with Crippen LogP contribution in [0, 0.1) is 11.6 Å². The molecule has 2 N–H and O–H groups in total. The van der Waals surface area contributed by atoms with E-state index < -0.39 is 11.6 Å². The first kappa shape index (κ1) is 18.4. The van der Waals surface area contributed by atoms with Gasteiger partial charge in [0, 0.05) is 18.7 Å². The average Bonchev–Trinajstić information content (AvgIpc) is 3.27. The number of anilines is 1. The molecule has 0 aliphatic heterocycles. The number of halogens is 2. The van der Waals surface area contributed by atoms with Crippen LogP contribution in [0.1, 0.15) is 31.2 Å². The lowest BCUT2D eigenvalue weighted by molar-refractivity contribution is 0.116. The summed E-state index contributed by atoms with van der Waals surface area (Å²) >= 11 is 1.55. The second-order valence-electron chi connectivity index (χ2n) is 7.55. The number of imidazole rings is 1. The van der Waals surface area contributed by atoms with Crippen molar-refractivity contribution in [1.29, 1.82) is 0 Å². The second-order valence-corrected chi connectivity index (χ2v) is 8.58. The van der Waals surface area contributed by atoms with E-state index in [1.807, 2.05) is 18.2 Å². The van der Waals surface area contributed by atoms with Crippen molar-refractivity contribution in [3.05, 3.63) is 53.9 Å². The SMILES string of the molecule is OC1CCCCC1Nc1nc2ccc(Cn3cnc4cc(F)cc(F)c43)cc2s1. The molecule has 2 aromatic heterocycles. The summed E-state index contributed by atoms with van der Waals surface area (Å²) in [6, 6.07) is 8.09. The van der Waals surface area contributed by atoms with Crippen molar-refractivity contribution in [3.8, 4) is 0 Å². The predicted octanol–water partition coefficient (Wildman–Crippen LogP) is 4.69. The summed E-state index contributed by atoms with van der Waals surface area (Å²) in [6.45, 7) is 0.428. The first-order chi connectivity index (χ1) is 14.1. The normalized spacial score (nSPS) is 19.8. The minimum absolute atomic E-state index is 0.0458. The molecule has 1 aliphatic carbocycles. The molecule has 2 atom stereocenters. The van der Waals surface area contributed by atoms with Gasteiger partial charge in [-0.2, -0.15) is 0 Å². The highest BCUT2D eigenvalue weighted by Crippen LogP contribution is 2.30. The van der Waals surface area contributed by atoms with Crippen LogP contribution in [-0.4, -0.2) is 31.8 Å². The zero-order valence-electron chi connectivity index (χ0n) is 15.6. The first-order valence-electron chi connectivity index (χ1n) is 9.71. The summed E-state index contributed by atoms with van der Waals surface area (Å²) in [5.41, 5.74) is 2.46. The van der Waals surface area contributed by atoms with Crippen LogP contribution >= 0.6 is 11.3 Å². The van der Waals surface area contributed by atoms with Crippen molar-refractivity contribution < 1.29 is 13.9 Å². The van der Waals surface area contributed by atoms with E-state index in [0.29, 0.717) is 17.6 Å². The molecule has 0 amide bonds. The summed E-state index contributed by atoms with van der Waals surface area (Å²) in [6.07, 6.45) is 5.15. The lowest BCUT2D eigenvalue weighted by atomic mass is 9.93. The molecule has 29 heavy (non-hydrogen) atoms. The number of nitrogens with zero attached hydrogens (tertiary/aromatic N) is 3. The monoisotopic (exact) mass is 414 g/mol. The number of hydrogen-bond acceptors (Lipinski definition) is 5. The molecular formula is C21H20F2N4OS. The number of hydrogen-bond donors (Lipinski definition) is 2. The average molecular weight is 414 g/mol. The van der Waals surface area contributed by atoms with E-state index >= 15 is 0 Å². The Hall–Kier alpha value is -2.58. The van der Waals surface area contributed by atoms with Crippen molar-refractivity contribution in [2.24, 2.45) is 0 Å². The van der Waals surface area contributed by atoms with Crippen molar-refractivity contribution >= 4 is 37.7 Å². The smallest absolute Gasteiger partial charge is 0.184 e. The molecule has 2 aromatic carbocycles. The summed E-state index contributed by atoms with van der Waals surface area (Å²) in [5, 5.41) is 14.4. The molecule has 5 rings (SSSR count). The molecule has 1 aliphatic rings. The van der Waals surface area contributed by atoms with Gasteiger partial charge >= 0.3 is 0 Å². The fraction of sp³-hybridized carbons (Fsp3) is 0.333. The van der Waals surface area contributed by atoms with Crippen LogP contribution in [0.5, 0.6) is 0 Å². The van der Waals surface area contributed by atoms with Crippen molar-refractivity contribution in [2.75, 3.05) is 5.32 Å². The minimum atomic E-state index is -0.630. The Morgan fingerprint density at radius 1 is 1.14 bits per heavy atom. The Labute approximate surface area is 170 Å². The van der Waals surface area contributed by atoms with Crippen LogP contribution in [0.4, 0.5) is 13.9 Å². The zero-order valence-corrected chi connectivity index (χ0v) is 16.4. The van der Waals surface area contributed by atoms with Crippen molar-refractivity contribution in [2.45, 2.75) is 44.4 Å². The number of rotatable bonds is 4. The van der Waals surface area contributed by atoms with Gasteiger partial charge in [-0.3, -0.25) is 0 Å². The van der Waals surface area contributed by atoms with Crippen LogP contribution in [0.2, 0.25) is 0 Å². The van der Waals surface area contributed by atoms with Crippen LogP contribution in [0.25, 0.3) is 21.3 Å². The summed E-state index contributed by atoms with van der Waals surface area (Å²) in [7, 11) is 0. The van der Waals surface area contributed by atoms with Gasteiger partial charge in [0.25, 0.3) is 0 Å². The number of aliphatic hydroxyl groups is 1. The molecule has 2 unspecified atom stereocenters. The molecule has 150 valence electrons. The number of thiazole rings is 1. The molecule has 0 spiro atoms. The Bertz CT molecular complexity index is 1190. The van der Waals surface area contributed by atoms with E-state index in [-0.39, 0.29) is 12.1 Å². The van der Waals surface area contributed by atoms with E-state index in [0.717, 1.165) is 52.7 Å². The standard InChI is InChI=1S/C21H20F2N4OS/c22-13-8-14(23)20-17(9-13)24-11-27(20)10-12-5-6-16-19(7-12)29-21(26-16)25-15-3-1-2-4-18(15)28/h5-9,11,15,18,28H,1-4,10H2,(H,25,26). The Morgan fingerprint density at radius 2 is 2.00 bits per heavy atom. The van der Waals surface area contributed by atoms with Crippen LogP contribution in [-0.2, 0) is 6.54 Å². The van der Waals surface area contributed by atoms with Crippen molar-refractivity contribution in [3.63, 3.8) is 0 Å². The first-order valence-corrected chi connectivity index (χ1v) is 10.5.